The van der Waals surface area contributed by atoms with Gasteiger partial charge in [-0.15, -0.1) is 0 Å². The van der Waals surface area contributed by atoms with Gasteiger partial charge in [-0.1, -0.05) is 19.1 Å². The number of piperazine rings is 1. The van der Waals surface area contributed by atoms with Crippen LogP contribution in [0.1, 0.15) is 37.8 Å². The average Bonchev–Trinajstić information content (AvgIpc) is 2.72. The maximum Gasteiger partial charge on any atom is 0.191 e. The summed E-state index contributed by atoms with van der Waals surface area (Å²) in [5, 5.41) is 6.80. The van der Waals surface area contributed by atoms with Crippen LogP contribution in [0.15, 0.2) is 23.2 Å². The van der Waals surface area contributed by atoms with Gasteiger partial charge in [-0.2, -0.15) is 0 Å². The van der Waals surface area contributed by atoms with Crippen LogP contribution in [0.2, 0.25) is 0 Å². The zero-order chi connectivity index (χ0) is 20.2. The van der Waals surface area contributed by atoms with Gasteiger partial charge in [0, 0.05) is 44.8 Å². The quantitative estimate of drug-likeness (QED) is 0.366. The highest BCUT2D eigenvalue weighted by Gasteiger charge is 2.14. The molecular formula is C22H39N5O. The minimum absolute atomic E-state index is 0.612. The van der Waals surface area contributed by atoms with Crippen molar-refractivity contribution in [3.63, 3.8) is 0 Å². The number of guanidine groups is 1. The normalized spacial score (nSPS) is 16.2. The zero-order valence-electron chi connectivity index (χ0n) is 18.3. The van der Waals surface area contributed by atoms with Gasteiger partial charge in [0.05, 0.1) is 13.7 Å². The molecule has 1 aromatic carbocycles. The van der Waals surface area contributed by atoms with Crippen LogP contribution in [-0.4, -0.2) is 75.2 Å². The molecule has 2 N–H and O–H groups in total. The third-order valence-electron chi connectivity index (χ3n) is 5.30. The Bertz CT molecular complexity index is 597. The largest absolute Gasteiger partial charge is 0.496 e. The Kier molecular flexibility index (Phi) is 10.1. The maximum atomic E-state index is 5.49. The van der Waals surface area contributed by atoms with E-state index in [0.717, 1.165) is 36.8 Å². The number of hydrogen-bond acceptors (Lipinski definition) is 4. The summed E-state index contributed by atoms with van der Waals surface area (Å²) in [7, 11) is 1.72. The zero-order valence-corrected chi connectivity index (χ0v) is 18.3. The van der Waals surface area contributed by atoms with Crippen molar-refractivity contribution in [2.45, 2.75) is 40.2 Å². The molecule has 2 rings (SSSR count). The first-order valence-corrected chi connectivity index (χ1v) is 10.8. The van der Waals surface area contributed by atoms with Gasteiger partial charge in [-0.3, -0.25) is 0 Å². The Balaban J connectivity index is 1.71. The summed E-state index contributed by atoms with van der Waals surface area (Å²) in [4.78, 5) is 9.85. The van der Waals surface area contributed by atoms with E-state index in [0.29, 0.717) is 6.54 Å². The number of hydrogen-bond donors (Lipinski definition) is 2. The van der Waals surface area contributed by atoms with E-state index >= 15 is 0 Å². The molecule has 28 heavy (non-hydrogen) atoms. The molecule has 0 aromatic heterocycles. The standard InChI is InChI=1S/C22H39N5O/c1-5-23-22(25-18-20-10-9-19(3)17-21(20)28-4)24-11-7-8-12-27-15-13-26(6-2)14-16-27/h9-10,17H,5-8,11-16,18H2,1-4H3,(H2,23,24,25). The molecular weight excluding hydrogens is 350 g/mol. The Morgan fingerprint density at radius 2 is 1.82 bits per heavy atom. The number of likely N-dealkylation sites (N-methyl/N-ethyl adjacent to an activating group) is 1. The van der Waals surface area contributed by atoms with Gasteiger partial charge < -0.3 is 25.2 Å². The Hall–Kier alpha value is -1.79. The van der Waals surface area contributed by atoms with Crippen LogP contribution >= 0.6 is 0 Å². The van der Waals surface area contributed by atoms with Crippen molar-refractivity contribution in [2.75, 3.05) is 59.5 Å². The van der Waals surface area contributed by atoms with Crippen LogP contribution < -0.4 is 15.4 Å². The second-order valence-corrected chi connectivity index (χ2v) is 7.42. The van der Waals surface area contributed by atoms with Crippen molar-refractivity contribution < 1.29 is 4.74 Å². The Morgan fingerprint density at radius 1 is 1.07 bits per heavy atom. The number of ether oxygens (including phenoxy) is 1. The number of aliphatic imine (C=N–C) groups is 1. The third-order valence-corrected chi connectivity index (χ3v) is 5.30. The van der Waals surface area contributed by atoms with Gasteiger partial charge in [0.15, 0.2) is 5.96 Å². The molecule has 1 aliphatic heterocycles. The lowest BCUT2D eigenvalue weighted by Gasteiger charge is -2.34. The number of rotatable bonds is 10. The highest BCUT2D eigenvalue weighted by atomic mass is 16.5. The van der Waals surface area contributed by atoms with Crippen LogP contribution in [0.3, 0.4) is 0 Å². The molecule has 1 aliphatic rings. The van der Waals surface area contributed by atoms with Crippen molar-refractivity contribution in [1.29, 1.82) is 0 Å². The number of unbranched alkanes of at least 4 members (excludes halogenated alkanes) is 1. The molecule has 1 heterocycles. The maximum absolute atomic E-state index is 5.49. The first kappa shape index (κ1) is 22.5. The molecule has 0 aliphatic carbocycles. The molecule has 0 bridgehead atoms. The van der Waals surface area contributed by atoms with Crippen LogP contribution in [0, 0.1) is 6.92 Å². The molecule has 158 valence electrons. The van der Waals surface area contributed by atoms with Gasteiger partial charge in [0.2, 0.25) is 0 Å². The second kappa shape index (κ2) is 12.6. The third kappa shape index (κ3) is 7.68. The van der Waals surface area contributed by atoms with Crippen molar-refractivity contribution in [3.8, 4) is 5.75 Å². The van der Waals surface area contributed by atoms with Gasteiger partial charge >= 0.3 is 0 Å². The highest BCUT2D eigenvalue weighted by molar-refractivity contribution is 5.79. The summed E-state index contributed by atoms with van der Waals surface area (Å²) < 4.78 is 5.49. The van der Waals surface area contributed by atoms with Crippen LogP contribution in [0.4, 0.5) is 0 Å². The molecule has 0 unspecified atom stereocenters. The number of methoxy groups -OCH3 is 1. The van der Waals surface area contributed by atoms with Gasteiger partial charge in [-0.05, 0) is 51.4 Å². The van der Waals surface area contributed by atoms with E-state index in [1.54, 1.807) is 7.11 Å². The van der Waals surface area contributed by atoms with E-state index in [9.17, 15) is 0 Å². The minimum atomic E-state index is 0.612. The summed E-state index contributed by atoms with van der Waals surface area (Å²) >= 11 is 0. The second-order valence-electron chi connectivity index (χ2n) is 7.42. The molecule has 0 amide bonds. The van der Waals surface area contributed by atoms with Gasteiger partial charge in [0.25, 0.3) is 0 Å². The SMILES string of the molecule is CCNC(=NCc1ccc(C)cc1OC)NCCCCN1CCN(CC)CC1. The summed E-state index contributed by atoms with van der Waals surface area (Å²) in [5.74, 6) is 1.78. The number of aryl methyl sites for hydroxylation is 1. The minimum Gasteiger partial charge on any atom is -0.496 e. The summed E-state index contributed by atoms with van der Waals surface area (Å²) in [5.41, 5.74) is 2.31. The lowest BCUT2D eigenvalue weighted by Crippen LogP contribution is -2.46. The fourth-order valence-corrected chi connectivity index (χ4v) is 3.48. The van der Waals surface area contributed by atoms with E-state index in [-0.39, 0.29) is 0 Å². The van der Waals surface area contributed by atoms with Crippen molar-refractivity contribution in [3.05, 3.63) is 29.3 Å². The van der Waals surface area contributed by atoms with Crippen LogP contribution in [-0.2, 0) is 6.54 Å². The van der Waals surface area contributed by atoms with Gasteiger partial charge in [-0.25, -0.2) is 4.99 Å². The molecule has 1 saturated heterocycles. The van der Waals surface area contributed by atoms with E-state index in [1.165, 1.54) is 51.3 Å². The van der Waals surface area contributed by atoms with Crippen molar-refractivity contribution in [2.24, 2.45) is 4.99 Å². The Labute approximate surface area is 171 Å². The first-order valence-electron chi connectivity index (χ1n) is 10.8. The van der Waals surface area contributed by atoms with Gasteiger partial charge in [0.1, 0.15) is 5.75 Å². The van der Waals surface area contributed by atoms with Crippen LogP contribution in [0.25, 0.3) is 0 Å². The van der Waals surface area contributed by atoms with Crippen molar-refractivity contribution in [1.82, 2.24) is 20.4 Å². The number of benzene rings is 1. The average molecular weight is 390 g/mol. The molecule has 6 heteroatoms. The Morgan fingerprint density at radius 3 is 2.50 bits per heavy atom. The molecule has 0 radical (unpaired) electrons. The smallest absolute Gasteiger partial charge is 0.191 e. The monoisotopic (exact) mass is 389 g/mol. The van der Waals surface area contributed by atoms with E-state index in [4.69, 9.17) is 9.73 Å². The molecule has 0 spiro atoms. The predicted octanol–water partition coefficient (Wildman–Crippen LogP) is 2.48. The summed E-state index contributed by atoms with van der Waals surface area (Å²) in [6.45, 7) is 16.1. The van der Waals surface area contributed by atoms with Crippen molar-refractivity contribution >= 4 is 5.96 Å². The first-order chi connectivity index (χ1) is 13.7. The fourth-order valence-electron chi connectivity index (χ4n) is 3.48. The number of nitrogens with zero attached hydrogens (tertiary/aromatic N) is 3. The summed E-state index contributed by atoms with van der Waals surface area (Å²) in [6, 6.07) is 6.26. The van der Waals surface area contributed by atoms with Crippen LogP contribution in [0.5, 0.6) is 5.75 Å². The summed E-state index contributed by atoms with van der Waals surface area (Å²) in [6.07, 6.45) is 2.39. The molecule has 1 aromatic rings. The number of nitrogens with one attached hydrogen (secondary N) is 2. The molecule has 0 atom stereocenters. The topological polar surface area (TPSA) is 52.1 Å². The lowest BCUT2D eigenvalue weighted by atomic mass is 10.1. The predicted molar refractivity (Wildman–Crippen MR) is 118 cm³/mol. The lowest BCUT2D eigenvalue weighted by molar-refractivity contribution is 0.136. The fraction of sp³-hybridized carbons (Fsp3) is 0.682. The van der Waals surface area contributed by atoms with E-state index < -0.39 is 0 Å². The molecule has 1 fully saturated rings. The molecule has 0 saturated carbocycles. The van der Waals surface area contributed by atoms with E-state index in [1.807, 2.05) is 0 Å². The highest BCUT2D eigenvalue weighted by Crippen LogP contribution is 2.20. The van der Waals surface area contributed by atoms with E-state index in [2.05, 4.69) is 59.4 Å². The molecule has 6 nitrogen and oxygen atoms in total.